The Bertz CT molecular complexity index is 1050. The molecule has 6 rings (SSSR count). The lowest BCUT2D eigenvalue weighted by Crippen LogP contribution is -2.61. The molecule has 3 nitrogen and oxygen atoms in total. The number of hydrogen-bond acceptors (Lipinski definition) is 2. The molecule has 5 aliphatic carbocycles. The van der Waals surface area contributed by atoms with Crippen LogP contribution in [0, 0.1) is 51.2 Å². The van der Waals surface area contributed by atoms with E-state index >= 15 is 0 Å². The number of fused-ring (bicyclic) bond motifs is 7. The van der Waals surface area contributed by atoms with Gasteiger partial charge in [0.1, 0.15) is 5.75 Å². The van der Waals surface area contributed by atoms with E-state index in [0.717, 1.165) is 38.5 Å². The van der Waals surface area contributed by atoms with Crippen molar-refractivity contribution in [2.24, 2.45) is 51.2 Å². The van der Waals surface area contributed by atoms with Gasteiger partial charge in [-0.3, -0.25) is 4.79 Å². The second kappa shape index (κ2) is 7.62. The van der Waals surface area contributed by atoms with Gasteiger partial charge in [-0.1, -0.05) is 52.3 Å². The van der Waals surface area contributed by atoms with E-state index in [9.17, 15) is 15.0 Å². The van der Waals surface area contributed by atoms with Crippen molar-refractivity contribution in [1.82, 2.24) is 0 Å². The number of allylic oxidation sites excluding steroid dienone is 2. The van der Waals surface area contributed by atoms with Crippen LogP contribution < -0.4 is 0 Å². The number of rotatable bonds is 2. The van der Waals surface area contributed by atoms with E-state index in [4.69, 9.17) is 0 Å². The summed E-state index contributed by atoms with van der Waals surface area (Å²) in [5.74, 6) is 2.91. The van der Waals surface area contributed by atoms with Crippen molar-refractivity contribution in [2.75, 3.05) is 0 Å². The molecule has 0 heterocycles. The molecule has 0 saturated heterocycles. The first-order valence-electron chi connectivity index (χ1n) is 14.3. The minimum atomic E-state index is -0.498. The van der Waals surface area contributed by atoms with Crippen molar-refractivity contribution in [3.8, 4) is 5.75 Å². The van der Waals surface area contributed by atoms with Gasteiger partial charge in [-0.15, -0.1) is 0 Å². The van der Waals surface area contributed by atoms with E-state index in [1.165, 1.54) is 36.8 Å². The largest absolute Gasteiger partial charge is 0.508 e. The highest BCUT2D eigenvalue weighted by Gasteiger charge is 2.66. The zero-order chi connectivity index (χ0) is 24.8. The quantitative estimate of drug-likeness (QED) is 0.455. The monoisotopic (exact) mass is 476 g/mol. The summed E-state index contributed by atoms with van der Waals surface area (Å²) in [4.78, 5) is 12.5. The lowest BCUT2D eigenvalue weighted by atomic mass is 9.36. The lowest BCUT2D eigenvalue weighted by Gasteiger charge is -2.68. The summed E-state index contributed by atoms with van der Waals surface area (Å²) >= 11 is 0. The fraction of sp³-hybridized carbons (Fsp3) is 0.719. The smallest absolute Gasteiger partial charge is 0.309 e. The minimum Gasteiger partial charge on any atom is -0.508 e. The normalized spacial score (nSPS) is 45.9. The van der Waals surface area contributed by atoms with Crippen LogP contribution in [-0.4, -0.2) is 16.2 Å². The fourth-order valence-corrected chi connectivity index (χ4v) is 11.3. The average molecular weight is 477 g/mol. The number of aromatic hydroxyl groups is 1. The number of benzene rings is 1. The van der Waals surface area contributed by atoms with Crippen molar-refractivity contribution >= 4 is 11.5 Å². The number of hydrogen-bond donors (Lipinski definition) is 2. The predicted molar refractivity (Wildman–Crippen MR) is 140 cm³/mol. The summed E-state index contributed by atoms with van der Waals surface area (Å²) in [5, 5.41) is 20.1. The van der Waals surface area contributed by atoms with Crippen molar-refractivity contribution in [2.45, 2.75) is 91.9 Å². The van der Waals surface area contributed by atoms with Gasteiger partial charge in [0.15, 0.2) is 0 Å². The van der Waals surface area contributed by atoms with Crippen LogP contribution in [0.25, 0.3) is 5.57 Å². The van der Waals surface area contributed by atoms with E-state index in [1.54, 1.807) is 0 Å². The van der Waals surface area contributed by atoms with E-state index < -0.39 is 11.4 Å². The van der Waals surface area contributed by atoms with Crippen molar-refractivity contribution in [3.63, 3.8) is 0 Å². The van der Waals surface area contributed by atoms with E-state index in [-0.39, 0.29) is 5.41 Å². The zero-order valence-corrected chi connectivity index (χ0v) is 22.1. The lowest BCUT2D eigenvalue weighted by molar-refractivity contribution is -0.187. The first-order chi connectivity index (χ1) is 16.5. The maximum Gasteiger partial charge on any atom is 0.309 e. The minimum absolute atomic E-state index is 0.0959. The van der Waals surface area contributed by atoms with Crippen molar-refractivity contribution in [1.29, 1.82) is 0 Å². The summed E-state index contributed by atoms with van der Waals surface area (Å²) in [6.07, 6.45) is 13.9. The summed E-state index contributed by atoms with van der Waals surface area (Å²) < 4.78 is 0. The SMILES string of the molecule is CC1(C)C(c2ccc(O)cc2)=CC[C@@]2(C)C1CC[C@@]1(C)C3CC[C@@]4(C(=O)O)CCCC4[C@H]3CCC12. The number of phenolic OH excluding ortho intramolecular Hbond substituents is 1. The molecule has 0 aliphatic heterocycles. The Hall–Kier alpha value is -1.77. The molecule has 4 saturated carbocycles. The Kier molecular flexibility index (Phi) is 5.14. The van der Waals surface area contributed by atoms with Crippen LogP contribution >= 0.6 is 0 Å². The molecule has 5 aliphatic rings. The van der Waals surface area contributed by atoms with Crippen LogP contribution in [0.3, 0.4) is 0 Å². The van der Waals surface area contributed by atoms with Gasteiger partial charge < -0.3 is 10.2 Å². The third kappa shape index (κ3) is 3.05. The Morgan fingerprint density at radius 3 is 2.29 bits per heavy atom. The van der Waals surface area contributed by atoms with Gasteiger partial charge in [-0.2, -0.15) is 0 Å². The standard InChI is InChI=1S/C32H44O3/c1-29(2)23(20-7-9-21(33)10-8-20)13-17-31(4)26(29)15-18-30(3)24-14-19-32(28(34)35)16-5-6-25(32)22(24)11-12-27(30)31/h7-10,13,22,24-27,33H,5-6,11-12,14-19H2,1-4H3,(H,34,35)/t22-,24?,25?,26?,27?,30-,31-,32-/m0/s1. The molecular formula is C32H44O3. The summed E-state index contributed by atoms with van der Waals surface area (Å²) in [5.41, 5.74) is 3.01. The van der Waals surface area contributed by atoms with Gasteiger partial charge in [-0.25, -0.2) is 0 Å². The molecule has 1 aromatic carbocycles. The molecule has 0 spiro atoms. The maximum atomic E-state index is 12.5. The summed E-state index contributed by atoms with van der Waals surface area (Å²) in [6.45, 7) is 10.1. The molecule has 4 unspecified atom stereocenters. The van der Waals surface area contributed by atoms with Crippen LogP contribution in [0.2, 0.25) is 0 Å². The van der Waals surface area contributed by atoms with Crippen LogP contribution in [0.1, 0.15) is 97.5 Å². The molecule has 2 N–H and O–H groups in total. The third-order valence-electron chi connectivity index (χ3n) is 12.7. The average Bonchev–Trinajstić information content (AvgIpc) is 3.25. The number of carboxylic acid groups (broad SMARTS) is 1. The topological polar surface area (TPSA) is 57.5 Å². The Morgan fingerprint density at radius 1 is 0.829 bits per heavy atom. The second-order valence-corrected chi connectivity index (χ2v) is 14.1. The van der Waals surface area contributed by atoms with Gasteiger partial charge >= 0.3 is 5.97 Å². The first-order valence-corrected chi connectivity index (χ1v) is 14.3. The molecular weight excluding hydrogens is 432 g/mol. The van der Waals surface area contributed by atoms with E-state index in [1.807, 2.05) is 12.1 Å². The predicted octanol–water partition coefficient (Wildman–Crippen LogP) is 7.94. The number of phenols is 1. The van der Waals surface area contributed by atoms with Crippen LogP contribution in [0.5, 0.6) is 5.75 Å². The van der Waals surface area contributed by atoms with Crippen molar-refractivity contribution in [3.05, 3.63) is 35.9 Å². The Balaban J connectivity index is 1.34. The molecule has 8 atom stereocenters. The van der Waals surface area contributed by atoms with Crippen molar-refractivity contribution < 1.29 is 15.0 Å². The fourth-order valence-electron chi connectivity index (χ4n) is 11.3. The third-order valence-corrected chi connectivity index (χ3v) is 12.7. The van der Waals surface area contributed by atoms with Gasteiger partial charge in [0.2, 0.25) is 0 Å². The molecule has 0 amide bonds. The van der Waals surface area contributed by atoms with Gasteiger partial charge in [0.25, 0.3) is 0 Å². The van der Waals surface area contributed by atoms with Gasteiger partial charge in [0.05, 0.1) is 5.41 Å². The van der Waals surface area contributed by atoms with E-state index in [0.29, 0.717) is 46.2 Å². The zero-order valence-electron chi connectivity index (χ0n) is 22.1. The number of aliphatic carboxylic acids is 1. The molecule has 3 heteroatoms. The van der Waals surface area contributed by atoms with Gasteiger partial charge in [0, 0.05) is 0 Å². The van der Waals surface area contributed by atoms with E-state index in [2.05, 4.69) is 45.9 Å². The maximum absolute atomic E-state index is 12.5. The Labute approximate surface area is 211 Å². The van der Waals surface area contributed by atoms with Crippen LogP contribution in [-0.2, 0) is 4.79 Å². The molecule has 4 fully saturated rings. The summed E-state index contributed by atoms with van der Waals surface area (Å²) in [6, 6.07) is 7.81. The first kappa shape index (κ1) is 23.6. The molecule has 0 bridgehead atoms. The highest BCUT2D eigenvalue weighted by Crippen LogP contribution is 2.73. The summed E-state index contributed by atoms with van der Waals surface area (Å²) in [7, 11) is 0. The number of carboxylic acids is 1. The highest BCUT2D eigenvalue weighted by molar-refractivity contribution is 5.76. The molecule has 0 radical (unpaired) electrons. The van der Waals surface area contributed by atoms with Crippen LogP contribution in [0.4, 0.5) is 0 Å². The molecule has 35 heavy (non-hydrogen) atoms. The molecule has 0 aromatic heterocycles. The molecule has 190 valence electrons. The molecule has 1 aromatic rings. The van der Waals surface area contributed by atoms with Crippen LogP contribution in [0.15, 0.2) is 30.3 Å². The number of carbonyl (C=O) groups is 1. The second-order valence-electron chi connectivity index (χ2n) is 14.1. The Morgan fingerprint density at radius 2 is 1.57 bits per heavy atom. The van der Waals surface area contributed by atoms with Gasteiger partial charge in [-0.05, 0) is 127 Å². The highest BCUT2D eigenvalue weighted by atomic mass is 16.4.